The van der Waals surface area contributed by atoms with E-state index in [1.165, 1.54) is 10.9 Å². The summed E-state index contributed by atoms with van der Waals surface area (Å²) in [6.07, 6.45) is 2.86. The Hall–Kier alpha value is -2.93. The predicted molar refractivity (Wildman–Crippen MR) is 92.2 cm³/mol. The van der Waals surface area contributed by atoms with Crippen LogP contribution in [-0.4, -0.2) is 31.8 Å². The predicted octanol–water partition coefficient (Wildman–Crippen LogP) is 3.09. The van der Waals surface area contributed by atoms with Gasteiger partial charge >= 0.3 is 6.09 Å². The van der Waals surface area contributed by atoms with E-state index in [-0.39, 0.29) is 0 Å². The van der Waals surface area contributed by atoms with Crippen molar-refractivity contribution in [2.75, 3.05) is 0 Å². The van der Waals surface area contributed by atoms with Gasteiger partial charge in [-0.1, -0.05) is 0 Å². The maximum absolute atomic E-state index is 11.3. The summed E-state index contributed by atoms with van der Waals surface area (Å²) < 4.78 is 7.30. The third-order valence-electron chi connectivity index (χ3n) is 4.63. The molecular weight excluding hydrogens is 320 g/mol. The lowest BCUT2D eigenvalue weighted by Gasteiger charge is -2.23. The maximum atomic E-state index is 11.3. The number of carbonyl (C=O) groups is 1. The fraction of sp³-hybridized carbons (Fsp3) is 0.278. The number of hydrogen-bond donors (Lipinski definition) is 2. The minimum atomic E-state index is -1.01. The van der Waals surface area contributed by atoms with Gasteiger partial charge in [-0.05, 0) is 38.5 Å². The highest BCUT2D eigenvalue weighted by Crippen LogP contribution is 2.33. The number of benzene rings is 1. The van der Waals surface area contributed by atoms with Crippen LogP contribution in [0.3, 0.4) is 0 Å². The molecule has 1 aliphatic heterocycles. The summed E-state index contributed by atoms with van der Waals surface area (Å²) in [5.41, 5.74) is 3.50. The summed E-state index contributed by atoms with van der Waals surface area (Å²) in [5, 5.41) is 13.5. The summed E-state index contributed by atoms with van der Waals surface area (Å²) in [5.74, 6) is 1.24. The van der Waals surface area contributed by atoms with E-state index in [1.807, 2.05) is 6.92 Å². The largest absolute Gasteiger partial charge is 0.464 e. The minimum Gasteiger partial charge on any atom is -0.464 e. The Bertz CT molecular complexity index is 980. The Morgan fingerprint density at radius 3 is 3.00 bits per heavy atom. The molecule has 2 aromatic heterocycles. The van der Waals surface area contributed by atoms with E-state index in [0.29, 0.717) is 29.7 Å². The highest BCUT2D eigenvalue weighted by molar-refractivity contribution is 5.92. The van der Waals surface area contributed by atoms with Gasteiger partial charge in [-0.2, -0.15) is 0 Å². The zero-order chi connectivity index (χ0) is 17.6. The minimum absolute atomic E-state index is 0.342. The molecule has 0 aliphatic carbocycles. The molecule has 7 nitrogen and oxygen atoms in total. The van der Waals surface area contributed by atoms with Crippen LogP contribution in [0.5, 0.6) is 11.6 Å². The molecule has 1 atom stereocenters. The number of aryl methyl sites for hydroxylation is 1. The van der Waals surface area contributed by atoms with Crippen molar-refractivity contribution >= 4 is 17.0 Å². The van der Waals surface area contributed by atoms with Crippen LogP contribution in [-0.2, 0) is 13.0 Å². The summed E-state index contributed by atoms with van der Waals surface area (Å²) >= 11 is 0. The van der Waals surface area contributed by atoms with E-state index in [0.717, 1.165) is 28.6 Å². The summed E-state index contributed by atoms with van der Waals surface area (Å²) in [6.45, 7) is 4.74. The number of nitrogens with zero attached hydrogens (tertiary/aromatic N) is 3. The monoisotopic (exact) mass is 338 g/mol. The Morgan fingerprint density at radius 1 is 1.36 bits per heavy atom. The average molecular weight is 338 g/mol. The molecule has 0 saturated carbocycles. The second kappa shape index (κ2) is 5.86. The smallest absolute Gasteiger partial charge is 0.415 e. The van der Waals surface area contributed by atoms with E-state index in [9.17, 15) is 9.90 Å². The third-order valence-corrected chi connectivity index (χ3v) is 4.63. The number of hydrogen-bond acceptors (Lipinski definition) is 5. The molecule has 0 spiro atoms. The highest BCUT2D eigenvalue weighted by atomic mass is 16.5. The molecule has 0 radical (unpaired) electrons. The Morgan fingerprint density at radius 2 is 2.20 bits per heavy atom. The van der Waals surface area contributed by atoms with Gasteiger partial charge in [-0.3, -0.25) is 4.57 Å². The lowest BCUT2D eigenvalue weighted by Crippen LogP contribution is -2.33. The topological polar surface area (TPSA) is 89.3 Å². The van der Waals surface area contributed by atoms with Crippen LogP contribution < -0.4 is 10.1 Å². The summed E-state index contributed by atoms with van der Waals surface area (Å²) in [4.78, 5) is 19.9. The standard InChI is InChI=1S/C18H18N4O3/c1-10-7-13-14(8-19-10)20-9-21-17(13)25-16-4-3-15-12(11(16)2)5-6-22(15)18(23)24/h3-6,9-10,19H,7-8H2,1-2H3,(H,23,24)/t10-/m0/s1. The van der Waals surface area contributed by atoms with Gasteiger partial charge in [0.05, 0.1) is 11.2 Å². The van der Waals surface area contributed by atoms with E-state index in [2.05, 4.69) is 22.2 Å². The molecule has 25 heavy (non-hydrogen) atoms. The molecule has 4 rings (SSSR count). The van der Waals surface area contributed by atoms with Crippen molar-refractivity contribution < 1.29 is 14.6 Å². The second-order valence-electron chi connectivity index (χ2n) is 6.28. The van der Waals surface area contributed by atoms with Crippen LogP contribution in [0.25, 0.3) is 10.9 Å². The van der Waals surface area contributed by atoms with Crippen LogP contribution in [0.2, 0.25) is 0 Å². The van der Waals surface area contributed by atoms with Gasteiger partial charge in [0.1, 0.15) is 12.1 Å². The first-order valence-electron chi connectivity index (χ1n) is 8.12. The molecule has 128 valence electrons. The fourth-order valence-electron chi connectivity index (χ4n) is 3.25. The van der Waals surface area contributed by atoms with Crippen molar-refractivity contribution in [1.82, 2.24) is 19.9 Å². The van der Waals surface area contributed by atoms with Gasteiger partial charge in [-0.15, -0.1) is 0 Å². The Labute approximate surface area is 144 Å². The summed E-state index contributed by atoms with van der Waals surface area (Å²) in [6, 6.07) is 5.67. The van der Waals surface area contributed by atoms with Crippen LogP contribution in [0, 0.1) is 6.92 Å². The third kappa shape index (κ3) is 2.62. The van der Waals surface area contributed by atoms with Gasteiger partial charge < -0.3 is 15.2 Å². The van der Waals surface area contributed by atoms with E-state index >= 15 is 0 Å². The molecule has 3 aromatic rings. The Balaban J connectivity index is 1.75. The van der Waals surface area contributed by atoms with Gasteiger partial charge in [0.15, 0.2) is 0 Å². The van der Waals surface area contributed by atoms with Gasteiger partial charge in [0.2, 0.25) is 5.88 Å². The second-order valence-corrected chi connectivity index (χ2v) is 6.28. The van der Waals surface area contributed by atoms with Crippen molar-refractivity contribution in [3.05, 3.63) is 47.5 Å². The molecule has 0 amide bonds. The molecule has 0 unspecified atom stereocenters. The molecule has 0 saturated heterocycles. The van der Waals surface area contributed by atoms with Crippen molar-refractivity contribution in [1.29, 1.82) is 0 Å². The van der Waals surface area contributed by atoms with Crippen LogP contribution >= 0.6 is 0 Å². The van der Waals surface area contributed by atoms with E-state index in [4.69, 9.17) is 4.74 Å². The normalized spacial score (nSPS) is 16.6. The molecule has 7 heteroatoms. The highest BCUT2D eigenvalue weighted by Gasteiger charge is 2.21. The number of fused-ring (bicyclic) bond motifs is 2. The van der Waals surface area contributed by atoms with Gasteiger partial charge in [0.25, 0.3) is 0 Å². The van der Waals surface area contributed by atoms with E-state index < -0.39 is 6.09 Å². The molecular formula is C18H18N4O3. The van der Waals surface area contributed by atoms with Crippen molar-refractivity contribution in [3.8, 4) is 11.6 Å². The fourth-order valence-corrected chi connectivity index (χ4v) is 3.25. The number of rotatable bonds is 2. The number of ether oxygens (including phenoxy) is 1. The first-order chi connectivity index (χ1) is 12.0. The van der Waals surface area contributed by atoms with Gasteiger partial charge in [-0.25, -0.2) is 14.8 Å². The Kier molecular flexibility index (Phi) is 3.65. The van der Waals surface area contributed by atoms with Crippen molar-refractivity contribution in [2.24, 2.45) is 0 Å². The average Bonchev–Trinajstić information content (AvgIpc) is 3.03. The molecule has 1 aromatic carbocycles. The van der Waals surface area contributed by atoms with Crippen LogP contribution in [0.15, 0.2) is 30.7 Å². The lowest BCUT2D eigenvalue weighted by atomic mass is 10.0. The van der Waals surface area contributed by atoms with Crippen LogP contribution in [0.1, 0.15) is 23.7 Å². The van der Waals surface area contributed by atoms with Crippen LogP contribution in [0.4, 0.5) is 4.79 Å². The number of aromatic nitrogens is 3. The summed E-state index contributed by atoms with van der Waals surface area (Å²) in [7, 11) is 0. The molecule has 1 aliphatic rings. The number of carboxylic acid groups (broad SMARTS) is 1. The molecule has 0 fully saturated rings. The van der Waals surface area contributed by atoms with Gasteiger partial charge in [0, 0.05) is 35.3 Å². The first kappa shape index (κ1) is 15.6. The first-order valence-corrected chi connectivity index (χ1v) is 8.12. The number of nitrogens with one attached hydrogen (secondary N) is 1. The van der Waals surface area contributed by atoms with Crippen molar-refractivity contribution in [3.63, 3.8) is 0 Å². The van der Waals surface area contributed by atoms with E-state index in [1.54, 1.807) is 24.4 Å². The quantitative estimate of drug-likeness (QED) is 0.746. The molecule has 2 N–H and O–H groups in total. The SMILES string of the molecule is Cc1c(Oc2ncnc3c2C[C@H](C)NC3)ccc2c1ccn2C(=O)O. The molecule has 0 bridgehead atoms. The molecule has 3 heterocycles. The zero-order valence-electron chi connectivity index (χ0n) is 14.0. The lowest BCUT2D eigenvalue weighted by molar-refractivity contribution is 0.197. The maximum Gasteiger partial charge on any atom is 0.415 e. The van der Waals surface area contributed by atoms with Crippen molar-refractivity contribution in [2.45, 2.75) is 32.9 Å². The zero-order valence-corrected chi connectivity index (χ0v) is 14.0.